The molecular formula is C19H31NO. The molecule has 0 aromatic heterocycles. The molecule has 1 aliphatic carbocycles. The van der Waals surface area contributed by atoms with Crippen molar-refractivity contribution in [3.63, 3.8) is 0 Å². The van der Waals surface area contributed by atoms with E-state index in [2.05, 4.69) is 45.9 Å². The van der Waals surface area contributed by atoms with E-state index in [1.54, 1.807) is 0 Å². The van der Waals surface area contributed by atoms with Crippen molar-refractivity contribution in [2.24, 2.45) is 11.1 Å². The average Bonchev–Trinajstić information content (AvgIpc) is 2.43. The summed E-state index contributed by atoms with van der Waals surface area (Å²) in [7, 11) is 1.83. The molecule has 2 N–H and O–H groups in total. The Bertz CT molecular complexity index is 482. The fourth-order valence-corrected chi connectivity index (χ4v) is 3.45. The van der Waals surface area contributed by atoms with Gasteiger partial charge >= 0.3 is 0 Å². The molecule has 2 heteroatoms. The van der Waals surface area contributed by atoms with Crippen LogP contribution in [0.25, 0.3) is 0 Å². The monoisotopic (exact) mass is 289 g/mol. The molecule has 118 valence electrons. The Balaban J connectivity index is 2.10. The third-order valence-corrected chi connectivity index (χ3v) is 5.56. The van der Waals surface area contributed by atoms with Crippen LogP contribution in [0.3, 0.4) is 0 Å². The molecule has 2 rings (SSSR count). The summed E-state index contributed by atoms with van der Waals surface area (Å²) in [5, 5.41) is 0. The lowest BCUT2D eigenvalue weighted by atomic mass is 9.68. The molecule has 1 aromatic carbocycles. The van der Waals surface area contributed by atoms with E-state index in [1.807, 2.05) is 7.11 Å². The second-order valence-corrected chi connectivity index (χ2v) is 7.66. The van der Waals surface area contributed by atoms with Gasteiger partial charge in [0.2, 0.25) is 0 Å². The highest BCUT2D eigenvalue weighted by molar-refractivity contribution is 5.30. The molecule has 1 fully saturated rings. The Hall–Kier alpha value is -0.860. The summed E-state index contributed by atoms with van der Waals surface area (Å²) in [6.45, 7) is 9.02. The Morgan fingerprint density at radius 3 is 2.24 bits per heavy atom. The predicted molar refractivity (Wildman–Crippen MR) is 89.6 cm³/mol. The van der Waals surface area contributed by atoms with Gasteiger partial charge in [-0.3, -0.25) is 0 Å². The first kappa shape index (κ1) is 16.5. The SMILES string of the molecule is COC1(C(N)Cc2ccc(C)c(C)c2)CCC(C)(C)CC1. The number of methoxy groups -OCH3 is 1. The zero-order chi connectivity index (χ0) is 15.7. The van der Waals surface area contributed by atoms with Gasteiger partial charge in [0, 0.05) is 13.2 Å². The lowest BCUT2D eigenvalue weighted by Crippen LogP contribution is -2.53. The minimum atomic E-state index is -0.145. The first-order valence-electron chi connectivity index (χ1n) is 8.15. The molecule has 0 amide bonds. The molecule has 2 nitrogen and oxygen atoms in total. The van der Waals surface area contributed by atoms with Crippen LogP contribution in [0.2, 0.25) is 0 Å². The van der Waals surface area contributed by atoms with Crippen molar-refractivity contribution >= 4 is 0 Å². The van der Waals surface area contributed by atoms with E-state index in [4.69, 9.17) is 10.5 Å². The molecule has 0 spiro atoms. The van der Waals surface area contributed by atoms with Gasteiger partial charge in [-0.25, -0.2) is 0 Å². The molecule has 1 saturated carbocycles. The molecule has 0 aliphatic heterocycles. The van der Waals surface area contributed by atoms with Gasteiger partial charge in [-0.2, -0.15) is 0 Å². The summed E-state index contributed by atoms with van der Waals surface area (Å²) < 4.78 is 5.94. The summed E-state index contributed by atoms with van der Waals surface area (Å²) in [5.74, 6) is 0. The van der Waals surface area contributed by atoms with Crippen LogP contribution in [0, 0.1) is 19.3 Å². The van der Waals surface area contributed by atoms with Crippen LogP contribution < -0.4 is 5.73 Å². The number of rotatable bonds is 4. The number of nitrogens with two attached hydrogens (primary N) is 1. The van der Waals surface area contributed by atoms with E-state index >= 15 is 0 Å². The normalized spacial score (nSPS) is 22.0. The van der Waals surface area contributed by atoms with Crippen LogP contribution in [-0.4, -0.2) is 18.8 Å². The Kier molecular flexibility index (Phi) is 4.79. The van der Waals surface area contributed by atoms with Crippen molar-refractivity contribution in [3.8, 4) is 0 Å². The molecule has 1 atom stereocenters. The first-order chi connectivity index (χ1) is 9.78. The standard InChI is InChI=1S/C19H31NO/c1-14-6-7-16(12-15(14)2)13-17(20)19(21-5)10-8-18(3,4)9-11-19/h6-7,12,17H,8-11,13,20H2,1-5H3. The number of ether oxygens (including phenoxy) is 1. The molecule has 0 bridgehead atoms. The van der Waals surface area contributed by atoms with Gasteiger partial charge in [-0.1, -0.05) is 32.0 Å². The maximum absolute atomic E-state index is 6.58. The van der Waals surface area contributed by atoms with Crippen molar-refractivity contribution < 1.29 is 4.74 Å². The molecule has 0 heterocycles. The van der Waals surface area contributed by atoms with Crippen LogP contribution in [-0.2, 0) is 11.2 Å². The number of aryl methyl sites for hydroxylation is 2. The maximum atomic E-state index is 6.58. The second kappa shape index (κ2) is 6.10. The van der Waals surface area contributed by atoms with Gasteiger partial charge in [0.1, 0.15) is 0 Å². The van der Waals surface area contributed by atoms with Crippen molar-refractivity contribution in [1.82, 2.24) is 0 Å². The maximum Gasteiger partial charge on any atom is 0.0832 e. The van der Waals surface area contributed by atoms with Crippen molar-refractivity contribution in [2.45, 2.75) is 71.4 Å². The zero-order valence-electron chi connectivity index (χ0n) is 14.3. The van der Waals surface area contributed by atoms with Gasteiger partial charge in [-0.05, 0) is 68.1 Å². The highest BCUT2D eigenvalue weighted by Gasteiger charge is 2.42. The van der Waals surface area contributed by atoms with E-state index in [0.717, 1.165) is 19.3 Å². The molecule has 0 radical (unpaired) electrons. The number of hydrogen-bond acceptors (Lipinski definition) is 2. The molecule has 1 aliphatic rings. The minimum Gasteiger partial charge on any atom is -0.377 e. The minimum absolute atomic E-state index is 0.0701. The van der Waals surface area contributed by atoms with Crippen LogP contribution >= 0.6 is 0 Å². The van der Waals surface area contributed by atoms with Crippen LogP contribution in [0.15, 0.2) is 18.2 Å². The zero-order valence-corrected chi connectivity index (χ0v) is 14.3. The molecule has 21 heavy (non-hydrogen) atoms. The second-order valence-electron chi connectivity index (χ2n) is 7.66. The predicted octanol–water partition coefficient (Wildman–Crippen LogP) is 4.16. The smallest absolute Gasteiger partial charge is 0.0832 e. The summed E-state index contributed by atoms with van der Waals surface area (Å²) in [5.41, 5.74) is 10.9. The van der Waals surface area contributed by atoms with Gasteiger partial charge in [-0.15, -0.1) is 0 Å². The fraction of sp³-hybridized carbons (Fsp3) is 0.684. The van der Waals surface area contributed by atoms with Crippen molar-refractivity contribution in [3.05, 3.63) is 34.9 Å². The van der Waals surface area contributed by atoms with Crippen LogP contribution in [0.1, 0.15) is 56.2 Å². The largest absolute Gasteiger partial charge is 0.377 e. The Labute approximate surface area is 130 Å². The van der Waals surface area contributed by atoms with Gasteiger partial charge in [0.25, 0.3) is 0 Å². The van der Waals surface area contributed by atoms with Crippen molar-refractivity contribution in [2.75, 3.05) is 7.11 Å². The van der Waals surface area contributed by atoms with Gasteiger partial charge in [0.15, 0.2) is 0 Å². The fourth-order valence-electron chi connectivity index (χ4n) is 3.45. The van der Waals surface area contributed by atoms with E-state index in [0.29, 0.717) is 5.41 Å². The van der Waals surface area contributed by atoms with E-state index in [1.165, 1.54) is 29.5 Å². The van der Waals surface area contributed by atoms with Crippen LogP contribution in [0.5, 0.6) is 0 Å². The number of benzene rings is 1. The average molecular weight is 289 g/mol. The van der Waals surface area contributed by atoms with Crippen molar-refractivity contribution in [1.29, 1.82) is 0 Å². The molecule has 1 unspecified atom stereocenters. The first-order valence-corrected chi connectivity index (χ1v) is 8.15. The summed E-state index contributed by atoms with van der Waals surface area (Å²) in [4.78, 5) is 0. The quantitative estimate of drug-likeness (QED) is 0.903. The third kappa shape index (κ3) is 3.67. The third-order valence-electron chi connectivity index (χ3n) is 5.56. The Morgan fingerprint density at radius 1 is 1.10 bits per heavy atom. The lowest BCUT2D eigenvalue weighted by Gasteiger charge is -2.46. The topological polar surface area (TPSA) is 35.2 Å². The van der Waals surface area contributed by atoms with E-state index in [-0.39, 0.29) is 11.6 Å². The van der Waals surface area contributed by atoms with Gasteiger partial charge < -0.3 is 10.5 Å². The molecule has 0 saturated heterocycles. The van der Waals surface area contributed by atoms with E-state index < -0.39 is 0 Å². The lowest BCUT2D eigenvalue weighted by molar-refractivity contribution is -0.0781. The highest BCUT2D eigenvalue weighted by Crippen LogP contribution is 2.43. The summed E-state index contributed by atoms with van der Waals surface area (Å²) >= 11 is 0. The summed E-state index contributed by atoms with van der Waals surface area (Å²) in [6.07, 6.45) is 5.43. The summed E-state index contributed by atoms with van der Waals surface area (Å²) in [6, 6.07) is 6.74. The highest BCUT2D eigenvalue weighted by atomic mass is 16.5. The molecular weight excluding hydrogens is 258 g/mol. The molecule has 1 aromatic rings. The van der Waals surface area contributed by atoms with Gasteiger partial charge in [0.05, 0.1) is 5.60 Å². The van der Waals surface area contributed by atoms with E-state index in [9.17, 15) is 0 Å². The Morgan fingerprint density at radius 2 is 1.71 bits per heavy atom. The number of hydrogen-bond donors (Lipinski definition) is 1. The van der Waals surface area contributed by atoms with Crippen LogP contribution in [0.4, 0.5) is 0 Å².